The number of amides is 2. The van der Waals surface area contributed by atoms with Crippen LogP contribution >= 0.6 is 11.8 Å². The molecule has 39 heavy (non-hydrogen) atoms. The van der Waals surface area contributed by atoms with Crippen LogP contribution in [0.25, 0.3) is 0 Å². The second-order valence-corrected chi connectivity index (χ2v) is 10.8. The summed E-state index contributed by atoms with van der Waals surface area (Å²) in [6.07, 6.45) is 7.78. The number of benzene rings is 1. The fourth-order valence-corrected chi connectivity index (χ4v) is 4.63. The first-order chi connectivity index (χ1) is 18.8. The number of nitrogens with one attached hydrogen (secondary N) is 3. The quantitative estimate of drug-likeness (QED) is 0.160. The standard InChI is InChI=1S/C28H44N6O4S/c1-5-20(2)15-25(33-27(36)23(29)16-22-17-30-19-31-22)34(13-11-21-9-7-6-8-10-21)18-26(35)32-24(12-14-39-4)28(37)38-3/h6-10,17,19-20,23-25H,5,11-16,18,29H2,1-4H3,(H,30,31)(H,32,35)(H,33,36)/t20-,23?,24?,25?/m0/s1. The van der Waals surface area contributed by atoms with Crippen molar-refractivity contribution < 1.29 is 19.1 Å². The van der Waals surface area contributed by atoms with Gasteiger partial charge in [0.05, 0.1) is 32.2 Å². The largest absolute Gasteiger partial charge is 0.467 e. The Hall–Kier alpha value is -2.89. The zero-order valence-electron chi connectivity index (χ0n) is 23.5. The predicted octanol–water partition coefficient (Wildman–Crippen LogP) is 2.11. The van der Waals surface area contributed by atoms with Crippen LogP contribution in [0.15, 0.2) is 42.9 Å². The average molecular weight is 561 g/mol. The Labute approximate surface area is 236 Å². The third kappa shape index (κ3) is 11.8. The molecule has 0 saturated carbocycles. The monoisotopic (exact) mass is 560 g/mol. The summed E-state index contributed by atoms with van der Waals surface area (Å²) in [5.41, 5.74) is 8.14. The first kappa shape index (κ1) is 32.3. The number of aromatic amines is 1. The molecule has 10 nitrogen and oxygen atoms in total. The van der Waals surface area contributed by atoms with Gasteiger partial charge in [-0.05, 0) is 42.8 Å². The highest BCUT2D eigenvalue weighted by atomic mass is 32.2. The van der Waals surface area contributed by atoms with E-state index in [1.165, 1.54) is 7.11 Å². The van der Waals surface area contributed by atoms with Crippen molar-refractivity contribution >= 4 is 29.5 Å². The predicted molar refractivity (Wildman–Crippen MR) is 155 cm³/mol. The van der Waals surface area contributed by atoms with Crippen LogP contribution in [0.5, 0.6) is 0 Å². The Morgan fingerprint density at radius 2 is 1.95 bits per heavy atom. The van der Waals surface area contributed by atoms with Crippen LogP contribution in [0.4, 0.5) is 0 Å². The SMILES string of the molecule is CC[C@H](C)CC(NC(=O)C(N)Cc1cnc[nH]1)N(CCc1ccccc1)CC(=O)NC(CCSC)C(=O)OC. The highest BCUT2D eigenvalue weighted by Crippen LogP contribution is 2.15. The van der Waals surface area contributed by atoms with Crippen LogP contribution in [0, 0.1) is 5.92 Å². The first-order valence-corrected chi connectivity index (χ1v) is 14.8. The number of thioether (sulfide) groups is 1. The van der Waals surface area contributed by atoms with Crippen molar-refractivity contribution in [2.75, 3.05) is 32.2 Å². The van der Waals surface area contributed by atoms with Gasteiger partial charge in [0.15, 0.2) is 0 Å². The van der Waals surface area contributed by atoms with E-state index in [2.05, 4.69) is 34.4 Å². The molecule has 11 heteroatoms. The number of carbonyl (C=O) groups is 3. The summed E-state index contributed by atoms with van der Waals surface area (Å²) >= 11 is 1.59. The Balaban J connectivity index is 2.22. The number of nitrogens with zero attached hydrogens (tertiary/aromatic N) is 2. The minimum Gasteiger partial charge on any atom is -0.467 e. The maximum Gasteiger partial charge on any atom is 0.328 e. The lowest BCUT2D eigenvalue weighted by atomic mass is 10.0. The summed E-state index contributed by atoms with van der Waals surface area (Å²) in [6.45, 7) is 4.76. The number of H-pyrrole nitrogens is 1. The molecule has 4 atom stereocenters. The van der Waals surface area contributed by atoms with Gasteiger partial charge in [-0.25, -0.2) is 9.78 Å². The van der Waals surface area contributed by atoms with Crippen LogP contribution in [-0.4, -0.2) is 83.1 Å². The smallest absolute Gasteiger partial charge is 0.328 e. The molecule has 3 unspecified atom stereocenters. The van der Waals surface area contributed by atoms with Gasteiger partial charge in [-0.3, -0.25) is 14.5 Å². The number of rotatable bonds is 18. The summed E-state index contributed by atoms with van der Waals surface area (Å²) in [7, 11) is 1.32. The van der Waals surface area contributed by atoms with Crippen LogP contribution in [0.1, 0.15) is 44.4 Å². The van der Waals surface area contributed by atoms with Gasteiger partial charge < -0.3 is 26.1 Å². The van der Waals surface area contributed by atoms with Gasteiger partial charge in [-0.2, -0.15) is 11.8 Å². The molecule has 0 fully saturated rings. The number of ether oxygens (including phenoxy) is 1. The number of hydrogen-bond donors (Lipinski definition) is 4. The molecule has 0 aliphatic heterocycles. The lowest BCUT2D eigenvalue weighted by molar-refractivity contribution is -0.145. The van der Waals surface area contributed by atoms with Gasteiger partial charge in [0, 0.05) is 24.9 Å². The van der Waals surface area contributed by atoms with Gasteiger partial charge in [0.25, 0.3) is 0 Å². The molecule has 0 saturated heterocycles. The van der Waals surface area contributed by atoms with Crippen LogP contribution < -0.4 is 16.4 Å². The molecular formula is C28H44N6O4S. The maximum absolute atomic E-state index is 13.2. The van der Waals surface area contributed by atoms with Gasteiger partial charge in [0.1, 0.15) is 6.04 Å². The number of hydrogen-bond acceptors (Lipinski definition) is 8. The number of imidazole rings is 1. The van der Waals surface area contributed by atoms with Crippen molar-refractivity contribution in [2.24, 2.45) is 11.7 Å². The molecule has 5 N–H and O–H groups in total. The van der Waals surface area contributed by atoms with E-state index in [1.807, 2.05) is 41.5 Å². The van der Waals surface area contributed by atoms with Gasteiger partial charge in [-0.1, -0.05) is 50.6 Å². The number of aromatic nitrogens is 2. The normalized spacial score (nSPS) is 14.3. The maximum atomic E-state index is 13.2. The molecule has 1 aromatic carbocycles. The zero-order valence-corrected chi connectivity index (χ0v) is 24.3. The Bertz CT molecular complexity index is 991. The van der Waals surface area contributed by atoms with Crippen molar-refractivity contribution in [3.8, 4) is 0 Å². The van der Waals surface area contributed by atoms with Crippen molar-refractivity contribution in [2.45, 2.75) is 64.2 Å². The lowest BCUT2D eigenvalue weighted by Gasteiger charge is -2.34. The van der Waals surface area contributed by atoms with E-state index in [4.69, 9.17) is 10.5 Å². The molecule has 0 spiro atoms. The molecular weight excluding hydrogens is 516 g/mol. The fraction of sp³-hybridized carbons (Fsp3) is 0.571. The molecule has 2 amide bonds. The summed E-state index contributed by atoms with van der Waals surface area (Å²) in [6, 6.07) is 8.50. The number of carbonyl (C=O) groups excluding carboxylic acids is 3. The molecule has 0 radical (unpaired) electrons. The van der Waals surface area contributed by atoms with E-state index in [0.717, 1.165) is 17.7 Å². The molecule has 2 rings (SSSR count). The van der Waals surface area contributed by atoms with Crippen molar-refractivity contribution in [3.05, 3.63) is 54.1 Å². The van der Waals surface area contributed by atoms with Crippen molar-refractivity contribution in [1.82, 2.24) is 25.5 Å². The highest BCUT2D eigenvalue weighted by Gasteiger charge is 2.28. The lowest BCUT2D eigenvalue weighted by Crippen LogP contribution is -2.56. The second-order valence-electron chi connectivity index (χ2n) is 9.79. The summed E-state index contributed by atoms with van der Waals surface area (Å²) in [4.78, 5) is 47.6. The van der Waals surface area contributed by atoms with E-state index < -0.39 is 24.2 Å². The Kier molecular flexibility index (Phi) is 14.6. The van der Waals surface area contributed by atoms with Crippen molar-refractivity contribution in [3.63, 3.8) is 0 Å². The first-order valence-electron chi connectivity index (χ1n) is 13.4. The Morgan fingerprint density at radius 3 is 2.56 bits per heavy atom. The second kappa shape index (κ2) is 17.6. The molecule has 0 bridgehead atoms. The van der Waals surface area contributed by atoms with Crippen LogP contribution in [0.2, 0.25) is 0 Å². The number of esters is 1. The van der Waals surface area contributed by atoms with Crippen molar-refractivity contribution in [1.29, 1.82) is 0 Å². The van der Waals surface area contributed by atoms with E-state index in [9.17, 15) is 14.4 Å². The number of nitrogens with two attached hydrogens (primary N) is 1. The molecule has 0 aliphatic carbocycles. The third-order valence-corrected chi connectivity index (χ3v) is 7.36. The Morgan fingerprint density at radius 1 is 1.21 bits per heavy atom. The van der Waals surface area contributed by atoms with Crippen LogP contribution in [0.3, 0.4) is 0 Å². The molecule has 1 heterocycles. The minimum absolute atomic E-state index is 0.0107. The van der Waals surface area contributed by atoms with E-state index in [0.29, 0.717) is 43.9 Å². The summed E-state index contributed by atoms with van der Waals surface area (Å²) < 4.78 is 4.90. The fourth-order valence-electron chi connectivity index (χ4n) is 4.16. The number of methoxy groups -OCH3 is 1. The third-order valence-electron chi connectivity index (χ3n) is 6.71. The van der Waals surface area contributed by atoms with Gasteiger partial charge in [-0.15, -0.1) is 0 Å². The zero-order chi connectivity index (χ0) is 28.6. The van der Waals surface area contributed by atoms with Crippen LogP contribution in [-0.2, 0) is 32.0 Å². The molecule has 2 aromatic rings. The van der Waals surface area contributed by atoms with Gasteiger partial charge >= 0.3 is 5.97 Å². The van der Waals surface area contributed by atoms with E-state index >= 15 is 0 Å². The average Bonchev–Trinajstić information content (AvgIpc) is 3.45. The van der Waals surface area contributed by atoms with Gasteiger partial charge in [0.2, 0.25) is 11.8 Å². The summed E-state index contributed by atoms with van der Waals surface area (Å²) in [5.74, 6) is -0.0629. The van der Waals surface area contributed by atoms with E-state index in [1.54, 1.807) is 24.3 Å². The highest BCUT2D eigenvalue weighted by molar-refractivity contribution is 7.98. The molecule has 0 aliphatic rings. The molecule has 216 valence electrons. The minimum atomic E-state index is -0.773. The summed E-state index contributed by atoms with van der Waals surface area (Å²) in [5, 5.41) is 5.95. The topological polar surface area (TPSA) is 142 Å². The van der Waals surface area contributed by atoms with E-state index in [-0.39, 0.29) is 18.4 Å². The molecule has 1 aromatic heterocycles.